The molecule has 0 saturated carbocycles. The number of nitrogens with zero attached hydrogens (tertiary/aromatic N) is 3. The molecule has 4 aromatic rings. The van der Waals surface area contributed by atoms with Gasteiger partial charge in [0.1, 0.15) is 18.4 Å². The minimum atomic E-state index is -0.0629. The van der Waals surface area contributed by atoms with Crippen molar-refractivity contribution >= 4 is 5.78 Å². The number of carbonyl (C=O) groups excluding carboxylic acids is 1. The van der Waals surface area contributed by atoms with Gasteiger partial charge in [-0.15, -0.1) is 0 Å². The van der Waals surface area contributed by atoms with Gasteiger partial charge in [-0.3, -0.25) is 4.79 Å². The molecule has 0 fully saturated rings. The first-order valence-corrected chi connectivity index (χ1v) is 7.45. The summed E-state index contributed by atoms with van der Waals surface area (Å²) >= 11 is 0. The van der Waals surface area contributed by atoms with Crippen molar-refractivity contribution in [3.8, 4) is 17.0 Å². The van der Waals surface area contributed by atoms with Crippen LogP contribution in [0, 0.1) is 0 Å². The van der Waals surface area contributed by atoms with E-state index >= 15 is 0 Å². The van der Waals surface area contributed by atoms with Crippen LogP contribution in [0.15, 0.2) is 84.0 Å². The van der Waals surface area contributed by atoms with Gasteiger partial charge in [-0.05, 0) is 24.3 Å². The number of benzene rings is 2. The first-order valence-electron chi connectivity index (χ1n) is 7.45. The van der Waals surface area contributed by atoms with Crippen LogP contribution >= 0.6 is 0 Å². The first kappa shape index (κ1) is 14.1. The smallest absolute Gasteiger partial charge is 0.195 e. The summed E-state index contributed by atoms with van der Waals surface area (Å²) in [7, 11) is 0. The zero-order valence-electron chi connectivity index (χ0n) is 12.7. The normalized spacial score (nSPS) is 10.7. The Morgan fingerprint density at radius 2 is 1.88 bits per heavy atom. The molecule has 0 unspecified atom stereocenters. The molecule has 0 aliphatic heterocycles. The van der Waals surface area contributed by atoms with Crippen LogP contribution in [0.5, 0.6) is 0 Å². The predicted molar refractivity (Wildman–Crippen MR) is 88.9 cm³/mol. The highest BCUT2D eigenvalue weighted by Gasteiger charge is 2.17. The predicted octanol–water partition coefficient (Wildman–Crippen LogP) is 3.76. The fourth-order valence-electron chi connectivity index (χ4n) is 2.59. The largest absolute Gasteiger partial charge is 0.464 e. The topological polar surface area (TPSA) is 60.9 Å². The van der Waals surface area contributed by atoms with Gasteiger partial charge in [0.05, 0.1) is 12.0 Å². The van der Waals surface area contributed by atoms with Crippen molar-refractivity contribution in [2.45, 2.75) is 0 Å². The zero-order chi connectivity index (χ0) is 16.4. The van der Waals surface area contributed by atoms with Crippen molar-refractivity contribution in [2.24, 2.45) is 0 Å². The van der Waals surface area contributed by atoms with E-state index < -0.39 is 0 Å². The van der Waals surface area contributed by atoms with Gasteiger partial charge in [0.2, 0.25) is 0 Å². The molecule has 0 N–H and O–H groups in total. The van der Waals surface area contributed by atoms with Crippen LogP contribution in [0.4, 0.5) is 0 Å². The van der Waals surface area contributed by atoms with Crippen LogP contribution in [0.25, 0.3) is 17.0 Å². The maximum Gasteiger partial charge on any atom is 0.195 e. The summed E-state index contributed by atoms with van der Waals surface area (Å²) in [6.45, 7) is 0. The highest BCUT2D eigenvalue weighted by atomic mass is 16.3. The monoisotopic (exact) mass is 315 g/mol. The van der Waals surface area contributed by atoms with E-state index in [2.05, 4.69) is 10.1 Å². The standard InChI is InChI=1S/C19H13N3O2/c23-19(14-5-2-1-3-6-14)16-9-8-15(18-7-4-10-24-18)11-17(16)22-13-20-12-21-22/h1-13H. The molecule has 5 heteroatoms. The molecule has 0 atom stereocenters. The van der Waals surface area contributed by atoms with Gasteiger partial charge >= 0.3 is 0 Å². The Morgan fingerprint density at radius 3 is 2.58 bits per heavy atom. The van der Waals surface area contributed by atoms with E-state index in [9.17, 15) is 4.79 Å². The Labute approximate surface area is 138 Å². The average Bonchev–Trinajstić information content (AvgIpc) is 3.35. The molecule has 0 aliphatic rings. The Balaban J connectivity index is 1.86. The van der Waals surface area contributed by atoms with Crippen molar-refractivity contribution in [2.75, 3.05) is 0 Å². The molecule has 2 heterocycles. The van der Waals surface area contributed by atoms with Crippen molar-refractivity contribution < 1.29 is 9.21 Å². The van der Waals surface area contributed by atoms with Gasteiger partial charge in [0.15, 0.2) is 5.78 Å². The zero-order valence-corrected chi connectivity index (χ0v) is 12.7. The van der Waals surface area contributed by atoms with Crippen LogP contribution in [0.2, 0.25) is 0 Å². The molecule has 2 aromatic heterocycles. The number of rotatable bonds is 4. The maximum atomic E-state index is 12.9. The summed E-state index contributed by atoms with van der Waals surface area (Å²) in [5.41, 5.74) is 2.72. The molecule has 0 saturated heterocycles. The molecule has 0 bridgehead atoms. The fraction of sp³-hybridized carbons (Fsp3) is 0. The Hall–Kier alpha value is -3.47. The number of ketones is 1. The molecule has 0 spiro atoms. The van der Waals surface area contributed by atoms with E-state index in [0.717, 1.165) is 11.3 Å². The number of aromatic nitrogens is 3. The summed E-state index contributed by atoms with van der Waals surface area (Å²) in [5.74, 6) is 0.669. The minimum absolute atomic E-state index is 0.0629. The molecule has 4 rings (SSSR count). The second kappa shape index (κ2) is 5.96. The lowest BCUT2D eigenvalue weighted by Gasteiger charge is -2.10. The molecule has 2 aromatic carbocycles. The van der Waals surface area contributed by atoms with E-state index in [1.54, 1.807) is 35.5 Å². The lowest BCUT2D eigenvalue weighted by atomic mass is 9.99. The summed E-state index contributed by atoms with van der Waals surface area (Å²) in [4.78, 5) is 16.9. The molecule has 0 amide bonds. The van der Waals surface area contributed by atoms with Gasteiger partial charge in [0, 0.05) is 16.7 Å². The van der Waals surface area contributed by atoms with Gasteiger partial charge in [0.25, 0.3) is 0 Å². The van der Waals surface area contributed by atoms with Crippen molar-refractivity contribution in [3.63, 3.8) is 0 Å². The number of hydrogen-bond acceptors (Lipinski definition) is 4. The molecule has 5 nitrogen and oxygen atoms in total. The molecule has 116 valence electrons. The molecule has 0 aliphatic carbocycles. The third kappa shape index (κ3) is 2.52. The van der Waals surface area contributed by atoms with Crippen molar-refractivity contribution in [1.82, 2.24) is 14.8 Å². The van der Waals surface area contributed by atoms with Crippen LogP contribution in [0.3, 0.4) is 0 Å². The van der Waals surface area contributed by atoms with Crippen LogP contribution < -0.4 is 0 Å². The van der Waals surface area contributed by atoms with Gasteiger partial charge < -0.3 is 4.42 Å². The van der Waals surface area contributed by atoms with E-state index in [-0.39, 0.29) is 5.78 Å². The summed E-state index contributed by atoms with van der Waals surface area (Å²) in [5, 5.41) is 4.17. The Bertz CT molecular complexity index is 959. The minimum Gasteiger partial charge on any atom is -0.464 e. The van der Waals surface area contributed by atoms with Gasteiger partial charge in [-0.25, -0.2) is 9.67 Å². The summed E-state index contributed by atoms with van der Waals surface area (Å²) < 4.78 is 7.03. The highest BCUT2D eigenvalue weighted by Crippen LogP contribution is 2.26. The summed E-state index contributed by atoms with van der Waals surface area (Å²) in [6, 6.07) is 18.4. The number of carbonyl (C=O) groups is 1. The van der Waals surface area contributed by atoms with Crippen molar-refractivity contribution in [1.29, 1.82) is 0 Å². The SMILES string of the molecule is O=C(c1ccccc1)c1ccc(-c2ccco2)cc1-n1cncn1. The Morgan fingerprint density at radius 1 is 1.00 bits per heavy atom. The van der Waals surface area contributed by atoms with E-state index in [0.29, 0.717) is 16.8 Å². The third-order valence-corrected chi connectivity index (χ3v) is 3.75. The van der Waals surface area contributed by atoms with Gasteiger partial charge in [-0.2, -0.15) is 5.10 Å². The lowest BCUT2D eigenvalue weighted by Crippen LogP contribution is -2.08. The van der Waals surface area contributed by atoms with E-state index in [1.165, 1.54) is 6.33 Å². The van der Waals surface area contributed by atoms with E-state index in [4.69, 9.17) is 4.42 Å². The van der Waals surface area contributed by atoms with Crippen LogP contribution in [0.1, 0.15) is 15.9 Å². The second-order valence-electron chi connectivity index (χ2n) is 5.24. The molecular weight excluding hydrogens is 302 g/mol. The quantitative estimate of drug-likeness (QED) is 0.538. The third-order valence-electron chi connectivity index (χ3n) is 3.75. The maximum absolute atomic E-state index is 12.9. The lowest BCUT2D eigenvalue weighted by molar-refractivity contribution is 0.103. The first-order chi connectivity index (χ1) is 11.8. The van der Waals surface area contributed by atoms with E-state index in [1.807, 2.05) is 42.5 Å². The molecule has 24 heavy (non-hydrogen) atoms. The fourth-order valence-corrected chi connectivity index (χ4v) is 2.59. The highest BCUT2D eigenvalue weighted by molar-refractivity contribution is 6.11. The number of hydrogen-bond donors (Lipinski definition) is 0. The van der Waals surface area contributed by atoms with Crippen LogP contribution in [-0.4, -0.2) is 20.5 Å². The average molecular weight is 315 g/mol. The molecular formula is C19H13N3O2. The number of furan rings is 1. The Kier molecular flexibility index (Phi) is 3.51. The second-order valence-corrected chi connectivity index (χ2v) is 5.24. The van der Waals surface area contributed by atoms with Gasteiger partial charge in [-0.1, -0.05) is 36.4 Å². The summed E-state index contributed by atoms with van der Waals surface area (Å²) in [6.07, 6.45) is 4.63. The van der Waals surface area contributed by atoms with Crippen LogP contribution in [-0.2, 0) is 0 Å². The molecule has 0 radical (unpaired) electrons. The van der Waals surface area contributed by atoms with Crippen molar-refractivity contribution in [3.05, 3.63) is 90.7 Å².